The topological polar surface area (TPSA) is 61.8 Å². The Bertz CT molecular complexity index is 784. The van der Waals surface area contributed by atoms with E-state index in [2.05, 4.69) is 6.58 Å². The van der Waals surface area contributed by atoms with Gasteiger partial charge >= 0.3 is 11.9 Å². The van der Waals surface area contributed by atoms with Gasteiger partial charge in [0.2, 0.25) is 0 Å². The fourth-order valence-corrected chi connectivity index (χ4v) is 2.65. The van der Waals surface area contributed by atoms with Crippen molar-refractivity contribution in [1.82, 2.24) is 0 Å². The Labute approximate surface area is 176 Å². The average molecular weight is 417 g/mol. The number of esters is 2. The standard InChI is InChI=1S/C23H25ClO5/c1-2-22(25)28-16-6-4-3-5-15-27-20-11-7-18(8-12-20)17-23(26)29-21-13-9-19(24)10-14-21/h2,7-14H,1,3-6,15-17H2. The van der Waals surface area contributed by atoms with Gasteiger partial charge in [0.15, 0.2) is 0 Å². The molecule has 154 valence electrons. The summed E-state index contributed by atoms with van der Waals surface area (Å²) in [7, 11) is 0. The van der Waals surface area contributed by atoms with E-state index in [9.17, 15) is 9.59 Å². The normalized spacial score (nSPS) is 10.2. The molecule has 0 aliphatic heterocycles. The fraction of sp³-hybridized carbons (Fsp3) is 0.304. The average Bonchev–Trinajstić information content (AvgIpc) is 2.72. The molecule has 0 unspecified atom stereocenters. The lowest BCUT2D eigenvalue weighted by molar-refractivity contribution is -0.138. The first-order chi connectivity index (χ1) is 14.1. The predicted octanol–water partition coefficient (Wildman–Crippen LogP) is 5.16. The van der Waals surface area contributed by atoms with Crippen LogP contribution in [0.5, 0.6) is 11.5 Å². The van der Waals surface area contributed by atoms with Crippen LogP contribution in [0, 0.1) is 0 Å². The van der Waals surface area contributed by atoms with E-state index < -0.39 is 0 Å². The number of carbonyl (C=O) groups is 2. The van der Waals surface area contributed by atoms with Crippen molar-refractivity contribution >= 4 is 23.5 Å². The highest BCUT2D eigenvalue weighted by molar-refractivity contribution is 6.30. The van der Waals surface area contributed by atoms with E-state index >= 15 is 0 Å². The summed E-state index contributed by atoms with van der Waals surface area (Å²) in [6.07, 6.45) is 5.08. The molecule has 5 nitrogen and oxygen atoms in total. The second kappa shape index (κ2) is 12.6. The van der Waals surface area contributed by atoms with Crippen LogP contribution in [0.1, 0.15) is 31.2 Å². The van der Waals surface area contributed by atoms with Crippen LogP contribution >= 0.6 is 11.6 Å². The third-order valence-corrected chi connectivity index (χ3v) is 4.29. The summed E-state index contributed by atoms with van der Waals surface area (Å²) in [4.78, 5) is 22.9. The zero-order valence-electron chi connectivity index (χ0n) is 16.3. The molecule has 0 radical (unpaired) electrons. The highest BCUT2D eigenvalue weighted by Crippen LogP contribution is 2.17. The van der Waals surface area contributed by atoms with Gasteiger partial charge < -0.3 is 14.2 Å². The van der Waals surface area contributed by atoms with Crippen LogP contribution in [0.3, 0.4) is 0 Å². The lowest BCUT2D eigenvalue weighted by Crippen LogP contribution is -2.11. The van der Waals surface area contributed by atoms with Gasteiger partial charge in [-0.1, -0.05) is 30.3 Å². The predicted molar refractivity (Wildman–Crippen MR) is 112 cm³/mol. The minimum absolute atomic E-state index is 0.180. The number of carbonyl (C=O) groups excluding carboxylic acids is 2. The summed E-state index contributed by atoms with van der Waals surface area (Å²) in [5.74, 6) is 0.521. The summed E-state index contributed by atoms with van der Waals surface area (Å²) in [6, 6.07) is 14.1. The molecule has 0 aliphatic rings. The van der Waals surface area contributed by atoms with Gasteiger partial charge in [0.25, 0.3) is 0 Å². The number of benzene rings is 2. The van der Waals surface area contributed by atoms with Gasteiger partial charge in [-0.3, -0.25) is 4.79 Å². The van der Waals surface area contributed by atoms with Crippen molar-refractivity contribution in [2.45, 2.75) is 32.1 Å². The molecule has 0 heterocycles. The molecule has 0 bridgehead atoms. The van der Waals surface area contributed by atoms with Gasteiger partial charge in [0, 0.05) is 11.1 Å². The van der Waals surface area contributed by atoms with Gasteiger partial charge in [-0.15, -0.1) is 0 Å². The van der Waals surface area contributed by atoms with Crippen LogP contribution in [0.4, 0.5) is 0 Å². The molecule has 0 aromatic heterocycles. The zero-order chi connectivity index (χ0) is 20.9. The molecule has 0 aliphatic carbocycles. The van der Waals surface area contributed by atoms with Crippen LogP contribution in [0.2, 0.25) is 5.02 Å². The van der Waals surface area contributed by atoms with E-state index in [0.717, 1.165) is 37.0 Å². The van der Waals surface area contributed by atoms with Crippen molar-refractivity contribution in [2.75, 3.05) is 13.2 Å². The number of ether oxygens (including phenoxy) is 3. The third-order valence-electron chi connectivity index (χ3n) is 4.04. The Morgan fingerprint density at radius 2 is 1.48 bits per heavy atom. The second-order valence-corrected chi connectivity index (χ2v) is 6.82. The van der Waals surface area contributed by atoms with Crippen LogP contribution in [-0.4, -0.2) is 25.2 Å². The van der Waals surface area contributed by atoms with Gasteiger partial charge in [-0.2, -0.15) is 0 Å². The van der Waals surface area contributed by atoms with E-state index in [1.54, 1.807) is 24.3 Å². The second-order valence-electron chi connectivity index (χ2n) is 6.38. The van der Waals surface area contributed by atoms with Crippen LogP contribution < -0.4 is 9.47 Å². The molecule has 29 heavy (non-hydrogen) atoms. The fourth-order valence-electron chi connectivity index (χ4n) is 2.52. The number of rotatable bonds is 12. The van der Waals surface area contributed by atoms with Crippen molar-refractivity contribution in [1.29, 1.82) is 0 Å². The lowest BCUT2D eigenvalue weighted by atomic mass is 10.1. The van der Waals surface area contributed by atoms with E-state index in [0.29, 0.717) is 24.0 Å². The summed E-state index contributed by atoms with van der Waals surface area (Å²) in [5.41, 5.74) is 0.852. The summed E-state index contributed by atoms with van der Waals surface area (Å²) in [6.45, 7) is 4.39. The quantitative estimate of drug-likeness (QED) is 0.207. The Kier molecular flexibility index (Phi) is 9.80. The van der Waals surface area contributed by atoms with Crippen molar-refractivity contribution in [3.8, 4) is 11.5 Å². The molecule has 0 N–H and O–H groups in total. The first kappa shape index (κ1) is 22.5. The molecule has 0 amide bonds. The van der Waals surface area contributed by atoms with Gasteiger partial charge in [-0.05, 0) is 67.6 Å². The molecule has 6 heteroatoms. The zero-order valence-corrected chi connectivity index (χ0v) is 17.0. The first-order valence-electron chi connectivity index (χ1n) is 9.54. The van der Waals surface area contributed by atoms with E-state index in [1.807, 2.05) is 24.3 Å². The minimum Gasteiger partial charge on any atom is -0.494 e. The molecule has 2 rings (SSSR count). The molecule has 2 aromatic carbocycles. The van der Waals surface area contributed by atoms with Gasteiger partial charge in [0.1, 0.15) is 11.5 Å². The van der Waals surface area contributed by atoms with Crippen molar-refractivity contribution in [3.63, 3.8) is 0 Å². The summed E-state index contributed by atoms with van der Waals surface area (Å²) < 4.78 is 15.9. The highest BCUT2D eigenvalue weighted by atomic mass is 35.5. The lowest BCUT2D eigenvalue weighted by Gasteiger charge is -2.08. The minimum atomic E-state index is -0.380. The Balaban J connectivity index is 1.60. The van der Waals surface area contributed by atoms with Gasteiger partial charge in [-0.25, -0.2) is 4.79 Å². The van der Waals surface area contributed by atoms with Crippen molar-refractivity contribution in [2.24, 2.45) is 0 Å². The number of hydrogen-bond acceptors (Lipinski definition) is 5. The molecule has 0 fully saturated rings. The van der Waals surface area contributed by atoms with E-state index in [-0.39, 0.29) is 18.4 Å². The largest absolute Gasteiger partial charge is 0.494 e. The van der Waals surface area contributed by atoms with E-state index in [1.165, 1.54) is 6.08 Å². The number of halogens is 1. The van der Waals surface area contributed by atoms with Gasteiger partial charge in [0.05, 0.1) is 19.6 Å². The monoisotopic (exact) mass is 416 g/mol. The van der Waals surface area contributed by atoms with Crippen molar-refractivity contribution < 1.29 is 23.8 Å². The van der Waals surface area contributed by atoms with Crippen LogP contribution in [0.25, 0.3) is 0 Å². The first-order valence-corrected chi connectivity index (χ1v) is 9.92. The Morgan fingerprint density at radius 1 is 0.862 bits per heavy atom. The third kappa shape index (κ3) is 9.30. The molecule has 0 saturated heterocycles. The molecule has 0 saturated carbocycles. The molecule has 2 aromatic rings. The number of unbranched alkanes of at least 4 members (excludes halogenated alkanes) is 3. The maximum atomic E-state index is 12.0. The summed E-state index contributed by atoms with van der Waals surface area (Å²) in [5, 5.41) is 0.592. The Hall–Kier alpha value is -2.79. The number of hydrogen-bond donors (Lipinski definition) is 0. The van der Waals surface area contributed by atoms with Crippen LogP contribution in [0.15, 0.2) is 61.2 Å². The molecular formula is C23H25ClO5. The maximum absolute atomic E-state index is 12.0. The summed E-state index contributed by atoms with van der Waals surface area (Å²) >= 11 is 5.81. The SMILES string of the molecule is C=CC(=O)OCCCCCCOc1ccc(CC(=O)Oc2ccc(Cl)cc2)cc1. The smallest absolute Gasteiger partial charge is 0.330 e. The maximum Gasteiger partial charge on any atom is 0.330 e. The van der Waals surface area contributed by atoms with Crippen molar-refractivity contribution in [3.05, 3.63) is 71.8 Å². The Morgan fingerprint density at radius 3 is 2.14 bits per heavy atom. The highest BCUT2D eigenvalue weighted by Gasteiger charge is 2.07. The molecule has 0 atom stereocenters. The molecule has 0 spiro atoms. The van der Waals surface area contributed by atoms with E-state index in [4.69, 9.17) is 25.8 Å². The molecular weight excluding hydrogens is 392 g/mol. The van der Waals surface area contributed by atoms with Crippen LogP contribution in [-0.2, 0) is 20.7 Å².